The molecule has 0 amide bonds. The molecule has 134 valence electrons. The highest BCUT2D eigenvalue weighted by Gasteiger charge is 2.66. The molecule has 1 saturated heterocycles. The zero-order valence-corrected chi connectivity index (χ0v) is 16.1. The molecule has 1 aliphatic heterocycles. The summed E-state index contributed by atoms with van der Waals surface area (Å²) in [5.41, 5.74) is 0.834. The van der Waals surface area contributed by atoms with Gasteiger partial charge in [0.25, 0.3) is 0 Å². The number of ether oxygens (including phenoxy) is 1. The lowest BCUT2D eigenvalue weighted by Crippen LogP contribution is -2.55. The van der Waals surface area contributed by atoms with Gasteiger partial charge in [-0.05, 0) is 74.0 Å². The van der Waals surface area contributed by atoms with Gasteiger partial charge in [-0.15, -0.1) is 11.8 Å². The lowest BCUT2D eigenvalue weighted by molar-refractivity contribution is -0.147. The molecule has 4 aliphatic carbocycles. The largest absolute Gasteiger partial charge is 0.363 e. The minimum absolute atomic E-state index is 0.142. The van der Waals surface area contributed by atoms with Gasteiger partial charge < -0.3 is 4.74 Å². The quantitative estimate of drug-likeness (QED) is 0.612. The SMILES string of the molecule is C[C@]12CCC(=O)C[C@H]1CC[C@H]1[C@H]3CC[C@@]4(OCCS4)[C@]3(C)CC[C@@H]12. The van der Waals surface area contributed by atoms with Gasteiger partial charge in [0.1, 0.15) is 10.7 Å². The van der Waals surface area contributed by atoms with E-state index in [0.29, 0.717) is 22.5 Å². The van der Waals surface area contributed by atoms with Gasteiger partial charge in [0.15, 0.2) is 0 Å². The van der Waals surface area contributed by atoms with Gasteiger partial charge in [0.2, 0.25) is 0 Å². The third-order valence-electron chi connectivity index (χ3n) is 9.28. The number of hydrogen-bond acceptors (Lipinski definition) is 3. The van der Waals surface area contributed by atoms with Crippen molar-refractivity contribution in [2.45, 2.75) is 76.6 Å². The Bertz CT molecular complexity index is 554. The van der Waals surface area contributed by atoms with E-state index in [-0.39, 0.29) is 4.93 Å². The van der Waals surface area contributed by atoms with E-state index in [1.165, 1.54) is 44.3 Å². The van der Waals surface area contributed by atoms with Gasteiger partial charge in [0.05, 0.1) is 6.61 Å². The summed E-state index contributed by atoms with van der Waals surface area (Å²) < 4.78 is 6.42. The molecule has 1 heterocycles. The zero-order valence-electron chi connectivity index (χ0n) is 15.3. The minimum atomic E-state index is 0.142. The highest BCUT2D eigenvalue weighted by molar-refractivity contribution is 8.00. The van der Waals surface area contributed by atoms with Crippen LogP contribution < -0.4 is 0 Å². The number of ketones is 1. The molecule has 4 saturated carbocycles. The van der Waals surface area contributed by atoms with Crippen LogP contribution in [0.2, 0.25) is 0 Å². The fourth-order valence-electron chi connectivity index (χ4n) is 7.93. The molecular weight excluding hydrogens is 316 g/mol. The van der Waals surface area contributed by atoms with E-state index in [1.807, 2.05) is 0 Å². The number of thioether (sulfide) groups is 1. The molecule has 5 rings (SSSR count). The van der Waals surface area contributed by atoms with Crippen molar-refractivity contribution in [1.29, 1.82) is 0 Å². The maximum atomic E-state index is 12.0. The molecule has 0 bridgehead atoms. The summed E-state index contributed by atoms with van der Waals surface area (Å²) in [4.78, 5) is 12.1. The van der Waals surface area contributed by atoms with Crippen LogP contribution in [0.1, 0.15) is 71.6 Å². The van der Waals surface area contributed by atoms with Crippen molar-refractivity contribution in [3.63, 3.8) is 0 Å². The number of rotatable bonds is 0. The normalized spacial score (nSPS) is 56.8. The number of Topliss-reactive ketones (excluding diaryl/α,β-unsaturated/α-hetero) is 1. The van der Waals surface area contributed by atoms with Crippen LogP contribution in [0, 0.1) is 34.5 Å². The van der Waals surface area contributed by atoms with Gasteiger partial charge in [-0.25, -0.2) is 0 Å². The smallest absolute Gasteiger partial charge is 0.133 e. The summed E-state index contributed by atoms with van der Waals surface area (Å²) in [5.74, 6) is 5.02. The summed E-state index contributed by atoms with van der Waals surface area (Å²) in [6.45, 7) is 6.08. The molecule has 0 N–H and O–H groups in total. The monoisotopic (exact) mass is 348 g/mol. The molecule has 0 radical (unpaired) electrons. The van der Waals surface area contributed by atoms with Crippen molar-refractivity contribution < 1.29 is 9.53 Å². The summed E-state index contributed by atoms with van der Waals surface area (Å²) in [5, 5.41) is 0. The van der Waals surface area contributed by atoms with Gasteiger partial charge >= 0.3 is 0 Å². The number of hydrogen-bond donors (Lipinski definition) is 0. The second kappa shape index (κ2) is 5.25. The van der Waals surface area contributed by atoms with Crippen LogP contribution in [0.4, 0.5) is 0 Å². The topological polar surface area (TPSA) is 26.3 Å². The molecule has 0 unspecified atom stereocenters. The predicted molar refractivity (Wildman–Crippen MR) is 97.9 cm³/mol. The third kappa shape index (κ3) is 1.92. The van der Waals surface area contributed by atoms with Gasteiger partial charge in [-0.2, -0.15) is 0 Å². The highest BCUT2D eigenvalue weighted by Crippen LogP contribution is 2.71. The van der Waals surface area contributed by atoms with Crippen LogP contribution in [0.15, 0.2) is 0 Å². The van der Waals surface area contributed by atoms with Crippen molar-refractivity contribution in [1.82, 2.24) is 0 Å². The van der Waals surface area contributed by atoms with Crippen LogP contribution in [0.3, 0.4) is 0 Å². The van der Waals surface area contributed by atoms with Crippen LogP contribution in [-0.4, -0.2) is 23.1 Å². The highest BCUT2D eigenvalue weighted by atomic mass is 32.2. The van der Waals surface area contributed by atoms with Gasteiger partial charge in [-0.3, -0.25) is 4.79 Å². The molecule has 7 atom stereocenters. The fourth-order valence-corrected chi connectivity index (χ4v) is 9.44. The van der Waals surface area contributed by atoms with E-state index >= 15 is 0 Å². The zero-order chi connectivity index (χ0) is 16.6. The van der Waals surface area contributed by atoms with E-state index in [1.54, 1.807) is 0 Å². The van der Waals surface area contributed by atoms with Crippen molar-refractivity contribution in [2.24, 2.45) is 34.5 Å². The first-order valence-electron chi connectivity index (χ1n) is 10.3. The minimum Gasteiger partial charge on any atom is -0.363 e. The summed E-state index contributed by atoms with van der Waals surface area (Å²) in [6, 6.07) is 0. The maximum absolute atomic E-state index is 12.0. The second-order valence-corrected chi connectivity index (χ2v) is 11.2. The first kappa shape index (κ1) is 16.2. The summed E-state index contributed by atoms with van der Waals surface area (Å²) in [6.07, 6.45) is 11.0. The van der Waals surface area contributed by atoms with Gasteiger partial charge in [0, 0.05) is 24.0 Å². The molecule has 24 heavy (non-hydrogen) atoms. The molecule has 0 aromatic rings. The van der Waals surface area contributed by atoms with Crippen molar-refractivity contribution >= 4 is 17.5 Å². The van der Waals surface area contributed by atoms with E-state index in [4.69, 9.17) is 4.74 Å². The Morgan fingerprint density at radius 2 is 1.88 bits per heavy atom. The molecule has 5 aliphatic rings. The summed E-state index contributed by atoms with van der Waals surface area (Å²) >= 11 is 2.13. The van der Waals surface area contributed by atoms with Crippen LogP contribution in [0.25, 0.3) is 0 Å². The Morgan fingerprint density at radius 1 is 1.04 bits per heavy atom. The first-order chi connectivity index (χ1) is 11.5. The van der Waals surface area contributed by atoms with Crippen molar-refractivity contribution in [3.8, 4) is 0 Å². The predicted octanol–water partition coefficient (Wildman–Crippen LogP) is 5.06. The van der Waals surface area contributed by atoms with E-state index < -0.39 is 0 Å². The summed E-state index contributed by atoms with van der Waals surface area (Å²) in [7, 11) is 0. The third-order valence-corrected chi connectivity index (χ3v) is 10.9. The lowest BCUT2D eigenvalue weighted by atomic mass is 9.45. The molecule has 0 aromatic carbocycles. The fraction of sp³-hybridized carbons (Fsp3) is 0.952. The van der Waals surface area contributed by atoms with Crippen LogP contribution in [-0.2, 0) is 9.53 Å². The Kier molecular flexibility index (Phi) is 3.54. The van der Waals surface area contributed by atoms with E-state index in [2.05, 4.69) is 25.6 Å². The molecule has 1 spiro atoms. The maximum Gasteiger partial charge on any atom is 0.133 e. The average molecular weight is 349 g/mol. The Morgan fingerprint density at radius 3 is 2.67 bits per heavy atom. The molecule has 2 nitrogen and oxygen atoms in total. The molecule has 5 fully saturated rings. The number of fused-ring (bicyclic) bond motifs is 6. The van der Waals surface area contributed by atoms with Gasteiger partial charge in [-0.1, -0.05) is 13.8 Å². The molecule has 0 aromatic heterocycles. The lowest BCUT2D eigenvalue weighted by Gasteiger charge is -2.61. The van der Waals surface area contributed by atoms with E-state index in [9.17, 15) is 4.79 Å². The Labute approximate surface area is 150 Å². The number of carbonyl (C=O) groups is 1. The van der Waals surface area contributed by atoms with E-state index in [0.717, 1.165) is 43.6 Å². The van der Waals surface area contributed by atoms with Crippen LogP contribution in [0.5, 0.6) is 0 Å². The van der Waals surface area contributed by atoms with Crippen molar-refractivity contribution in [2.75, 3.05) is 12.4 Å². The Balaban J connectivity index is 1.46. The molecular formula is C21H32O2S. The van der Waals surface area contributed by atoms with Crippen LogP contribution >= 0.6 is 11.8 Å². The average Bonchev–Trinajstić information content (AvgIpc) is 3.15. The Hall–Kier alpha value is -0.0200. The standard InChI is InChI=1S/C21H32O2S/c1-19-8-5-15(22)13-14(19)3-4-16-17(19)6-9-20(2)18(16)7-10-21(20)23-11-12-24-21/h14,16-18H,3-13H2,1-2H3/t14-,16-,17+,18-,19+,20-,21+/m1/s1. The number of carbonyl (C=O) groups excluding carboxylic acids is 1. The molecule has 3 heteroatoms. The first-order valence-corrected chi connectivity index (χ1v) is 11.3. The second-order valence-electron chi connectivity index (χ2n) is 9.84. The van der Waals surface area contributed by atoms with Crippen molar-refractivity contribution in [3.05, 3.63) is 0 Å².